The average Bonchev–Trinajstić information content (AvgIpc) is 2.90. The molecule has 0 saturated heterocycles. The van der Waals surface area contributed by atoms with E-state index in [0.29, 0.717) is 23.7 Å². The molecule has 0 saturated carbocycles. The molecule has 1 heterocycles. The molecule has 1 aromatic heterocycles. The van der Waals surface area contributed by atoms with E-state index in [1.54, 1.807) is 28.4 Å². The number of aryl methyl sites for hydroxylation is 2. The summed E-state index contributed by atoms with van der Waals surface area (Å²) in [7, 11) is 0. The van der Waals surface area contributed by atoms with E-state index in [9.17, 15) is 9.59 Å². The van der Waals surface area contributed by atoms with Crippen LogP contribution in [0.5, 0.6) is 0 Å². The molecular formula is C18H21ClN2O2S. The number of carbonyl (C=O) groups excluding carboxylic acids is 2. The third kappa shape index (κ3) is 4.82. The first-order valence-electron chi connectivity index (χ1n) is 7.78. The Bertz CT molecular complexity index is 725. The fourth-order valence-electron chi connectivity index (χ4n) is 2.37. The highest BCUT2D eigenvalue weighted by molar-refractivity contribution is 7.12. The lowest BCUT2D eigenvalue weighted by Crippen LogP contribution is -2.40. The van der Waals surface area contributed by atoms with Crippen LogP contribution in [0, 0.1) is 13.8 Å². The molecule has 1 aromatic carbocycles. The number of likely N-dealkylation sites (N-methyl/N-ethyl adjacent to an activating group) is 1. The Kier molecular flexibility index (Phi) is 6.40. The Balaban J connectivity index is 1.94. The number of nitrogens with one attached hydrogen (secondary N) is 1. The largest absolute Gasteiger partial charge is 0.350 e. The zero-order chi connectivity index (χ0) is 17.7. The number of nitrogens with zero attached hydrogens (tertiary/aromatic N) is 1. The Morgan fingerprint density at radius 3 is 2.42 bits per heavy atom. The van der Waals surface area contributed by atoms with Gasteiger partial charge in [0.15, 0.2) is 0 Å². The summed E-state index contributed by atoms with van der Waals surface area (Å²) in [5.41, 5.74) is 1.65. The first-order chi connectivity index (χ1) is 11.4. The number of hydrogen-bond acceptors (Lipinski definition) is 3. The van der Waals surface area contributed by atoms with Crippen LogP contribution in [0.1, 0.15) is 32.6 Å². The van der Waals surface area contributed by atoms with E-state index in [1.165, 1.54) is 0 Å². The van der Waals surface area contributed by atoms with Gasteiger partial charge in [-0.15, -0.1) is 11.3 Å². The van der Waals surface area contributed by atoms with Crippen LogP contribution in [-0.2, 0) is 11.3 Å². The van der Waals surface area contributed by atoms with Crippen molar-refractivity contribution in [1.82, 2.24) is 10.2 Å². The Morgan fingerprint density at radius 2 is 1.88 bits per heavy atom. The number of benzene rings is 1. The van der Waals surface area contributed by atoms with E-state index in [1.807, 2.05) is 39.0 Å². The van der Waals surface area contributed by atoms with Gasteiger partial charge in [0.05, 0.1) is 12.1 Å². The number of hydrogen-bond donors (Lipinski definition) is 1. The maximum Gasteiger partial charge on any atom is 0.255 e. The fraction of sp³-hybridized carbons (Fsp3) is 0.333. The molecule has 6 heteroatoms. The molecular weight excluding hydrogens is 344 g/mol. The SMILES string of the molecule is CCN(CC(=O)NCc1ccc(Cl)cc1)C(=O)c1cc(C)sc1C. The lowest BCUT2D eigenvalue weighted by Gasteiger charge is -2.20. The van der Waals surface area contributed by atoms with Gasteiger partial charge >= 0.3 is 0 Å². The molecule has 2 rings (SSSR count). The highest BCUT2D eigenvalue weighted by Crippen LogP contribution is 2.22. The molecule has 2 aromatic rings. The molecule has 0 unspecified atom stereocenters. The quantitative estimate of drug-likeness (QED) is 0.847. The van der Waals surface area contributed by atoms with E-state index in [2.05, 4.69) is 5.32 Å². The molecule has 0 radical (unpaired) electrons. The minimum Gasteiger partial charge on any atom is -0.350 e. The monoisotopic (exact) mass is 364 g/mol. The van der Waals surface area contributed by atoms with Crippen molar-refractivity contribution in [2.45, 2.75) is 27.3 Å². The summed E-state index contributed by atoms with van der Waals surface area (Å²) < 4.78 is 0. The molecule has 0 aliphatic carbocycles. The van der Waals surface area contributed by atoms with Crippen molar-refractivity contribution < 1.29 is 9.59 Å². The molecule has 0 aliphatic rings. The molecule has 2 amide bonds. The summed E-state index contributed by atoms with van der Waals surface area (Å²) in [6, 6.07) is 9.18. The number of thiophene rings is 1. The molecule has 24 heavy (non-hydrogen) atoms. The Morgan fingerprint density at radius 1 is 1.21 bits per heavy atom. The summed E-state index contributed by atoms with van der Waals surface area (Å²) in [6.07, 6.45) is 0. The Hall–Kier alpha value is -1.85. The van der Waals surface area contributed by atoms with Gasteiger partial charge in [-0.1, -0.05) is 23.7 Å². The molecule has 0 aliphatic heterocycles. The van der Waals surface area contributed by atoms with Crippen molar-refractivity contribution in [3.05, 3.63) is 56.2 Å². The van der Waals surface area contributed by atoms with Crippen LogP contribution in [0.2, 0.25) is 5.02 Å². The number of rotatable bonds is 6. The predicted octanol–water partition coefficient (Wildman–Crippen LogP) is 3.80. The highest BCUT2D eigenvalue weighted by atomic mass is 35.5. The summed E-state index contributed by atoms with van der Waals surface area (Å²) in [4.78, 5) is 28.4. The minimum atomic E-state index is -0.176. The first-order valence-corrected chi connectivity index (χ1v) is 8.97. The zero-order valence-electron chi connectivity index (χ0n) is 14.1. The maximum absolute atomic E-state index is 12.6. The standard InChI is InChI=1S/C18H21ClN2O2S/c1-4-21(18(23)16-9-12(2)24-13(16)3)11-17(22)20-10-14-5-7-15(19)8-6-14/h5-9H,4,10-11H2,1-3H3,(H,20,22). The molecule has 0 atom stereocenters. The van der Waals surface area contributed by atoms with Gasteiger partial charge in [-0.2, -0.15) is 0 Å². The number of halogens is 1. The highest BCUT2D eigenvalue weighted by Gasteiger charge is 2.20. The van der Waals surface area contributed by atoms with E-state index in [4.69, 9.17) is 11.6 Å². The van der Waals surface area contributed by atoms with Crippen molar-refractivity contribution >= 4 is 34.8 Å². The molecule has 128 valence electrons. The predicted molar refractivity (Wildman–Crippen MR) is 98.7 cm³/mol. The smallest absolute Gasteiger partial charge is 0.255 e. The van der Waals surface area contributed by atoms with Crippen LogP contribution in [0.4, 0.5) is 0 Å². The topological polar surface area (TPSA) is 49.4 Å². The molecule has 0 spiro atoms. The lowest BCUT2D eigenvalue weighted by molar-refractivity contribution is -0.121. The van der Waals surface area contributed by atoms with Crippen LogP contribution in [0.25, 0.3) is 0 Å². The van der Waals surface area contributed by atoms with Gasteiger partial charge in [0.1, 0.15) is 0 Å². The minimum absolute atomic E-state index is 0.0528. The van der Waals surface area contributed by atoms with Gasteiger partial charge in [0.2, 0.25) is 5.91 Å². The van der Waals surface area contributed by atoms with Gasteiger partial charge < -0.3 is 10.2 Å². The van der Waals surface area contributed by atoms with Crippen molar-refractivity contribution in [2.75, 3.05) is 13.1 Å². The van der Waals surface area contributed by atoms with Gasteiger partial charge in [-0.05, 0) is 44.5 Å². The van der Waals surface area contributed by atoms with Crippen molar-refractivity contribution in [3.8, 4) is 0 Å². The van der Waals surface area contributed by atoms with E-state index < -0.39 is 0 Å². The second-order valence-electron chi connectivity index (χ2n) is 5.55. The maximum atomic E-state index is 12.6. The van der Waals surface area contributed by atoms with Crippen molar-refractivity contribution in [3.63, 3.8) is 0 Å². The number of carbonyl (C=O) groups is 2. The van der Waals surface area contributed by atoms with Gasteiger partial charge in [-0.25, -0.2) is 0 Å². The summed E-state index contributed by atoms with van der Waals surface area (Å²) in [5.74, 6) is -0.272. The van der Waals surface area contributed by atoms with Crippen LogP contribution >= 0.6 is 22.9 Å². The van der Waals surface area contributed by atoms with Crippen LogP contribution < -0.4 is 5.32 Å². The summed E-state index contributed by atoms with van der Waals surface area (Å²) >= 11 is 7.43. The second-order valence-corrected chi connectivity index (χ2v) is 7.45. The van der Waals surface area contributed by atoms with Gasteiger partial charge in [0.25, 0.3) is 5.91 Å². The summed E-state index contributed by atoms with van der Waals surface area (Å²) in [6.45, 7) is 6.74. The van der Waals surface area contributed by atoms with E-state index in [0.717, 1.165) is 15.3 Å². The fourth-order valence-corrected chi connectivity index (χ4v) is 3.41. The molecule has 0 bridgehead atoms. The molecule has 0 fully saturated rings. The van der Waals surface area contributed by atoms with E-state index >= 15 is 0 Å². The van der Waals surface area contributed by atoms with Gasteiger partial charge in [-0.3, -0.25) is 9.59 Å². The lowest BCUT2D eigenvalue weighted by atomic mass is 10.2. The van der Waals surface area contributed by atoms with Crippen LogP contribution in [-0.4, -0.2) is 29.8 Å². The second kappa shape index (κ2) is 8.31. The first kappa shape index (κ1) is 18.5. The van der Waals surface area contributed by atoms with Crippen molar-refractivity contribution in [1.29, 1.82) is 0 Å². The molecule has 4 nitrogen and oxygen atoms in total. The van der Waals surface area contributed by atoms with E-state index in [-0.39, 0.29) is 18.4 Å². The zero-order valence-corrected chi connectivity index (χ0v) is 15.6. The average molecular weight is 365 g/mol. The van der Waals surface area contributed by atoms with Crippen LogP contribution in [0.15, 0.2) is 30.3 Å². The van der Waals surface area contributed by atoms with Crippen molar-refractivity contribution in [2.24, 2.45) is 0 Å². The molecule has 1 N–H and O–H groups in total. The number of amides is 2. The summed E-state index contributed by atoms with van der Waals surface area (Å²) in [5, 5.41) is 3.50. The third-order valence-corrected chi connectivity index (χ3v) is 4.90. The Labute approximate surface area is 151 Å². The van der Waals surface area contributed by atoms with Gasteiger partial charge in [0, 0.05) is 27.9 Å². The normalized spacial score (nSPS) is 10.5. The van der Waals surface area contributed by atoms with Crippen LogP contribution in [0.3, 0.4) is 0 Å². The third-order valence-electron chi connectivity index (χ3n) is 3.68.